The summed E-state index contributed by atoms with van der Waals surface area (Å²) < 4.78 is 28.0. The quantitative estimate of drug-likeness (QED) is 0.639. The molecule has 5 rings (SSSR count). The van der Waals surface area contributed by atoms with Crippen LogP contribution >= 0.6 is 0 Å². The molecule has 0 saturated carbocycles. The van der Waals surface area contributed by atoms with E-state index in [0.717, 1.165) is 24.8 Å². The van der Waals surface area contributed by atoms with Crippen LogP contribution < -0.4 is 5.73 Å². The molecule has 0 aliphatic carbocycles. The molecular weight excluding hydrogens is 476 g/mol. The number of likely N-dealkylation sites (tertiary alicyclic amines) is 2. The number of hydrogen-bond acceptors (Lipinski definition) is 5. The second-order valence-corrected chi connectivity index (χ2v) is 12.0. The first-order valence-corrected chi connectivity index (χ1v) is 14.3. The van der Waals surface area contributed by atoms with E-state index in [4.69, 9.17) is 5.73 Å². The molecule has 2 N–H and O–H groups in total. The Kier molecular flexibility index (Phi) is 7.14. The Morgan fingerprint density at radius 1 is 0.889 bits per heavy atom. The molecule has 0 bridgehead atoms. The van der Waals surface area contributed by atoms with Gasteiger partial charge >= 0.3 is 0 Å². The summed E-state index contributed by atoms with van der Waals surface area (Å²) in [5.74, 6) is 0.0173. The number of nitrogens with zero attached hydrogens (tertiary/aromatic N) is 3. The molecule has 0 radical (unpaired) electrons. The fraction of sp³-hybridized carbons (Fsp3) is 0.481. The summed E-state index contributed by atoms with van der Waals surface area (Å²) in [4.78, 5) is 30.8. The highest BCUT2D eigenvalue weighted by molar-refractivity contribution is 7.89. The normalized spacial score (nSPS) is 25.5. The Hall–Kier alpha value is -2.75. The van der Waals surface area contributed by atoms with Gasteiger partial charge in [0.25, 0.3) is 0 Å². The van der Waals surface area contributed by atoms with E-state index < -0.39 is 22.1 Å². The van der Waals surface area contributed by atoms with Crippen LogP contribution in [0.1, 0.15) is 31.2 Å². The predicted molar refractivity (Wildman–Crippen MR) is 136 cm³/mol. The third kappa shape index (κ3) is 4.79. The topological polar surface area (TPSA) is 104 Å². The molecule has 2 aromatic carbocycles. The molecule has 2 aromatic rings. The van der Waals surface area contributed by atoms with Crippen molar-refractivity contribution in [3.05, 3.63) is 66.2 Å². The van der Waals surface area contributed by atoms with Gasteiger partial charge in [-0.3, -0.25) is 9.59 Å². The molecule has 36 heavy (non-hydrogen) atoms. The molecule has 3 saturated heterocycles. The van der Waals surface area contributed by atoms with E-state index in [2.05, 4.69) is 0 Å². The number of amides is 2. The molecule has 4 atom stereocenters. The van der Waals surface area contributed by atoms with E-state index in [1.165, 1.54) is 4.31 Å². The van der Waals surface area contributed by atoms with Crippen LogP contribution in [-0.2, 0) is 26.0 Å². The lowest BCUT2D eigenvalue weighted by Gasteiger charge is -2.39. The fourth-order valence-corrected chi connectivity index (χ4v) is 7.49. The van der Waals surface area contributed by atoms with E-state index in [0.29, 0.717) is 39.0 Å². The molecule has 3 aliphatic rings. The first-order valence-electron chi connectivity index (χ1n) is 12.8. The fourth-order valence-electron chi connectivity index (χ4n) is 5.99. The molecular formula is C27H34N4O4S. The van der Waals surface area contributed by atoms with E-state index in [9.17, 15) is 18.0 Å². The van der Waals surface area contributed by atoms with Crippen molar-refractivity contribution in [1.82, 2.24) is 14.1 Å². The van der Waals surface area contributed by atoms with Crippen LogP contribution in [0.3, 0.4) is 0 Å². The number of benzene rings is 2. The van der Waals surface area contributed by atoms with Crippen molar-refractivity contribution in [3.63, 3.8) is 0 Å². The minimum Gasteiger partial charge on any atom is -0.336 e. The summed E-state index contributed by atoms with van der Waals surface area (Å²) in [5, 5.41) is 0. The first-order chi connectivity index (χ1) is 17.4. The van der Waals surface area contributed by atoms with Gasteiger partial charge in [0.1, 0.15) is 6.04 Å². The highest BCUT2D eigenvalue weighted by Gasteiger charge is 2.47. The highest BCUT2D eigenvalue weighted by Crippen LogP contribution is 2.35. The summed E-state index contributed by atoms with van der Waals surface area (Å²) >= 11 is 0. The van der Waals surface area contributed by atoms with Crippen molar-refractivity contribution in [2.45, 2.75) is 55.1 Å². The summed E-state index contributed by atoms with van der Waals surface area (Å²) in [7, 11) is -3.62. The van der Waals surface area contributed by atoms with E-state index in [1.807, 2.05) is 35.2 Å². The molecule has 2 amide bonds. The summed E-state index contributed by atoms with van der Waals surface area (Å²) in [6.07, 6.45) is 3.40. The smallest absolute Gasteiger partial charge is 0.245 e. The predicted octanol–water partition coefficient (Wildman–Crippen LogP) is 1.86. The van der Waals surface area contributed by atoms with Gasteiger partial charge in [-0.1, -0.05) is 48.5 Å². The van der Waals surface area contributed by atoms with Crippen LogP contribution in [0, 0.1) is 5.92 Å². The van der Waals surface area contributed by atoms with Gasteiger partial charge < -0.3 is 15.5 Å². The summed E-state index contributed by atoms with van der Waals surface area (Å²) in [6, 6.07) is 16.7. The first kappa shape index (κ1) is 24.9. The van der Waals surface area contributed by atoms with Crippen LogP contribution in [0.25, 0.3) is 0 Å². The lowest BCUT2D eigenvalue weighted by atomic mass is 9.93. The van der Waals surface area contributed by atoms with Gasteiger partial charge in [-0.05, 0) is 55.7 Å². The zero-order valence-corrected chi connectivity index (χ0v) is 21.2. The van der Waals surface area contributed by atoms with Gasteiger partial charge in [-0.15, -0.1) is 0 Å². The second kappa shape index (κ2) is 10.3. The summed E-state index contributed by atoms with van der Waals surface area (Å²) in [6.45, 7) is 1.88. The van der Waals surface area contributed by atoms with Crippen molar-refractivity contribution < 1.29 is 18.0 Å². The van der Waals surface area contributed by atoms with Crippen LogP contribution in [0.5, 0.6) is 0 Å². The monoisotopic (exact) mass is 510 g/mol. The van der Waals surface area contributed by atoms with Crippen LogP contribution in [0.15, 0.2) is 65.6 Å². The average molecular weight is 511 g/mol. The van der Waals surface area contributed by atoms with Crippen molar-refractivity contribution in [1.29, 1.82) is 0 Å². The number of carbonyl (C=O) groups excluding carboxylic acids is 2. The number of nitrogens with two attached hydrogens (primary N) is 1. The lowest BCUT2D eigenvalue weighted by molar-refractivity contribution is -0.145. The maximum atomic E-state index is 13.7. The zero-order valence-electron chi connectivity index (χ0n) is 20.4. The molecule has 2 unspecified atom stereocenters. The standard InChI is InChI=1S/C27H34N4O4S/c28-23(18-20-8-3-1-4-9-20)26(32)30-15-7-12-24(30)27(33)31-17-14-21-13-16-29(19-25(21)31)36(34,35)22-10-5-2-6-11-22/h1-6,8-11,21,23-25H,7,12-19,28H2/t21?,23-,24+,25?/m0/s1. The van der Waals surface area contributed by atoms with Gasteiger partial charge in [0, 0.05) is 32.2 Å². The van der Waals surface area contributed by atoms with E-state index >= 15 is 0 Å². The third-order valence-electron chi connectivity index (χ3n) is 7.93. The Balaban J connectivity index is 1.28. The number of fused-ring (bicyclic) bond motifs is 1. The molecule has 0 aromatic heterocycles. The molecule has 8 nitrogen and oxygen atoms in total. The average Bonchev–Trinajstić information content (AvgIpc) is 3.56. The number of hydrogen-bond donors (Lipinski definition) is 1. The minimum absolute atomic E-state index is 0.0702. The number of carbonyl (C=O) groups is 2. The van der Waals surface area contributed by atoms with Gasteiger partial charge in [-0.2, -0.15) is 4.31 Å². The van der Waals surface area contributed by atoms with E-state index in [1.54, 1.807) is 35.2 Å². The largest absolute Gasteiger partial charge is 0.336 e. The molecule has 9 heteroatoms. The molecule has 3 heterocycles. The maximum Gasteiger partial charge on any atom is 0.245 e. The number of sulfonamides is 1. The van der Waals surface area contributed by atoms with Crippen molar-refractivity contribution in [2.24, 2.45) is 11.7 Å². The van der Waals surface area contributed by atoms with Crippen LogP contribution in [0.2, 0.25) is 0 Å². The molecule has 0 spiro atoms. The van der Waals surface area contributed by atoms with E-state index in [-0.39, 0.29) is 28.7 Å². The SMILES string of the molecule is N[C@@H](Cc1ccccc1)C(=O)N1CCC[C@@H]1C(=O)N1CCC2CCN(S(=O)(=O)c3ccccc3)CC21. The van der Waals surface area contributed by atoms with Crippen molar-refractivity contribution in [2.75, 3.05) is 26.2 Å². The Morgan fingerprint density at radius 3 is 2.28 bits per heavy atom. The van der Waals surface area contributed by atoms with Gasteiger partial charge in [0.2, 0.25) is 21.8 Å². The van der Waals surface area contributed by atoms with Crippen molar-refractivity contribution in [3.8, 4) is 0 Å². The van der Waals surface area contributed by atoms with Crippen LogP contribution in [0.4, 0.5) is 0 Å². The molecule has 3 fully saturated rings. The number of piperidine rings is 1. The molecule has 192 valence electrons. The molecule has 3 aliphatic heterocycles. The zero-order chi connectivity index (χ0) is 25.3. The minimum atomic E-state index is -3.62. The Morgan fingerprint density at radius 2 is 1.56 bits per heavy atom. The summed E-state index contributed by atoms with van der Waals surface area (Å²) in [5.41, 5.74) is 7.27. The second-order valence-electron chi connectivity index (χ2n) is 10.1. The van der Waals surface area contributed by atoms with Gasteiger partial charge in [-0.25, -0.2) is 8.42 Å². The van der Waals surface area contributed by atoms with Crippen molar-refractivity contribution >= 4 is 21.8 Å². The number of rotatable bonds is 6. The highest BCUT2D eigenvalue weighted by atomic mass is 32.2. The third-order valence-corrected chi connectivity index (χ3v) is 9.81. The van der Waals surface area contributed by atoms with Gasteiger partial charge in [0.15, 0.2) is 0 Å². The van der Waals surface area contributed by atoms with Gasteiger partial charge in [0.05, 0.1) is 10.9 Å². The Bertz CT molecular complexity index is 1190. The lowest BCUT2D eigenvalue weighted by Crippen LogP contribution is -2.56. The Labute approximate surface area is 213 Å². The maximum absolute atomic E-state index is 13.7. The van der Waals surface area contributed by atoms with Crippen LogP contribution in [-0.4, -0.2) is 78.6 Å².